The molecule has 0 bridgehead atoms. The van der Waals surface area contributed by atoms with Gasteiger partial charge < -0.3 is 40.2 Å². The molecular weight excluding hydrogens is 1280 g/mol. The number of aliphatic hydroxyl groups is 2. The van der Waals surface area contributed by atoms with Crippen molar-refractivity contribution in [3.8, 4) is 0 Å². The third-order valence-electron chi connectivity index (χ3n) is 15.3. The molecule has 0 saturated heterocycles. The molecule has 6 aromatic rings. The average molecular weight is 1350 g/mol. The molecule has 20 nitrogen and oxygen atoms in total. The summed E-state index contributed by atoms with van der Waals surface area (Å²) >= 11 is 14.0. The van der Waals surface area contributed by atoms with Crippen LogP contribution in [0.5, 0.6) is 0 Å². The Bertz CT molecular complexity index is 3990. The Morgan fingerprint density at radius 3 is 1.24 bits per heavy atom. The van der Waals surface area contributed by atoms with Crippen LogP contribution in [0.15, 0.2) is 166 Å². The first kappa shape index (κ1) is 71.4. The van der Waals surface area contributed by atoms with E-state index in [1.165, 1.54) is 91.9 Å². The number of carbonyl (C=O) groups is 2. The van der Waals surface area contributed by atoms with Gasteiger partial charge in [-0.05, 0) is 176 Å². The molecule has 477 valence electrons. The van der Waals surface area contributed by atoms with Gasteiger partial charge in [0.25, 0.3) is 0 Å². The van der Waals surface area contributed by atoms with Crippen molar-refractivity contribution < 1.29 is 55.6 Å². The SMILES string of the molecule is CCN(CC)c1ccc(/C=C/C2=[N+](C)c3ccc(Cl)cc3C2(C)C)c(C)c1.CCN(CC)c1ccc(/C=C/C2=[N+](C)c3ccc(Cl)cc3C2(C)C)c(C)c1.O=C1C=CC(=NN=c2[n-]cc([N+](=O)[O-])s2)C(O)=C1.O=C1C=CC(=NN=c2[n-]cc([N+](=O)[O-])s2)C(O)=C1.[Co]. The first-order valence-electron chi connectivity index (χ1n) is 28.6. The smallest absolute Gasteiger partial charge is 0.319 e. The summed E-state index contributed by atoms with van der Waals surface area (Å²) in [6.07, 6.45) is 18.2. The number of aromatic nitrogens is 2. The van der Waals surface area contributed by atoms with Gasteiger partial charge in [-0.3, -0.25) is 40.0 Å². The van der Waals surface area contributed by atoms with Gasteiger partial charge in [0, 0.05) is 134 Å². The number of rotatable bonds is 14. The molecule has 0 spiro atoms. The summed E-state index contributed by atoms with van der Waals surface area (Å²) in [4.78, 5) is 53.7. The fourth-order valence-electron chi connectivity index (χ4n) is 10.4. The molecule has 4 aliphatic rings. The topological polar surface area (TPSA) is 251 Å². The number of benzene rings is 4. The van der Waals surface area contributed by atoms with Gasteiger partial charge in [0.15, 0.2) is 23.0 Å². The number of fused-ring (bicyclic) bond motifs is 2. The Balaban J connectivity index is 0.000000196. The summed E-state index contributed by atoms with van der Waals surface area (Å²) in [7, 11) is 4.27. The van der Waals surface area contributed by atoms with Gasteiger partial charge in [-0.15, -0.1) is 0 Å². The van der Waals surface area contributed by atoms with Crippen molar-refractivity contribution in [3.05, 3.63) is 219 Å². The van der Waals surface area contributed by atoms with Gasteiger partial charge in [0.1, 0.15) is 37.0 Å². The fraction of sp³-hybridized carbons (Fsp3) is 0.273. The van der Waals surface area contributed by atoms with Crippen LogP contribution in [0.2, 0.25) is 10.0 Å². The van der Waals surface area contributed by atoms with E-state index >= 15 is 0 Å². The second-order valence-corrected chi connectivity index (χ2v) is 24.6. The fourth-order valence-corrected chi connectivity index (χ4v) is 11.8. The Hall–Kier alpha value is -8.71. The number of anilines is 2. The number of halogens is 2. The number of aryl methyl sites for hydroxylation is 2. The molecule has 25 heteroatoms. The average Bonchev–Trinajstić information content (AvgIpc) is 1.63. The number of ketones is 2. The van der Waals surface area contributed by atoms with E-state index in [1.807, 2.05) is 12.1 Å². The van der Waals surface area contributed by atoms with E-state index in [0.29, 0.717) is 0 Å². The minimum atomic E-state index is -0.583. The molecule has 1 radical (unpaired) electrons. The molecule has 2 aliphatic heterocycles. The monoisotopic (exact) mass is 1350 g/mol. The second-order valence-electron chi connectivity index (χ2n) is 21.7. The molecule has 91 heavy (non-hydrogen) atoms. The van der Waals surface area contributed by atoms with Crippen LogP contribution >= 0.6 is 45.9 Å². The summed E-state index contributed by atoms with van der Waals surface area (Å²) in [5.41, 5.74) is 15.4. The zero-order chi connectivity index (χ0) is 65.8. The van der Waals surface area contributed by atoms with Gasteiger partial charge in [-0.1, -0.05) is 58.0 Å². The maximum atomic E-state index is 10.9. The number of thiazole rings is 2. The predicted molar refractivity (Wildman–Crippen MR) is 363 cm³/mol. The summed E-state index contributed by atoms with van der Waals surface area (Å²) in [5, 5.41) is 55.4. The molecule has 4 heterocycles. The van der Waals surface area contributed by atoms with Crippen molar-refractivity contribution in [1.29, 1.82) is 0 Å². The summed E-state index contributed by atoms with van der Waals surface area (Å²) in [6.45, 7) is 26.4. The van der Waals surface area contributed by atoms with Gasteiger partial charge in [0.2, 0.25) is 11.4 Å². The summed E-state index contributed by atoms with van der Waals surface area (Å²) < 4.78 is 4.56. The zero-order valence-electron chi connectivity index (χ0n) is 52.3. The van der Waals surface area contributed by atoms with E-state index in [9.17, 15) is 40.0 Å². The third-order valence-corrected chi connectivity index (χ3v) is 17.4. The standard InChI is InChI=1S/2C24H30ClN2.2C9H6N4O4S.Co/c2*1-7-27(8-2)20-12-9-18(17(3)15-20)10-14-23-24(4,5)21-16-19(25)11-13-22(21)26(23)6;2*14-5-1-2-6(7(15)3-5)11-12-9-10-4-8(18-9)13(16)17;/h2*9-16H,7-8H2,1-6H3;2*1-4H,(H2,10,12,14,15);/q2*+1;;;/p-2. The van der Waals surface area contributed by atoms with E-state index in [1.54, 1.807) is 0 Å². The van der Waals surface area contributed by atoms with Crippen LogP contribution < -0.4 is 29.4 Å². The van der Waals surface area contributed by atoms with Crippen molar-refractivity contribution in [3.63, 3.8) is 0 Å². The number of nitrogens with zero attached hydrogens (tertiary/aromatic N) is 12. The summed E-state index contributed by atoms with van der Waals surface area (Å²) in [5.74, 6) is -1.32. The second kappa shape index (κ2) is 31.3. The van der Waals surface area contributed by atoms with Crippen LogP contribution in [0.25, 0.3) is 12.2 Å². The Morgan fingerprint density at radius 2 is 0.934 bits per heavy atom. The van der Waals surface area contributed by atoms with Gasteiger partial charge >= 0.3 is 10.0 Å². The molecule has 0 unspecified atom stereocenters. The molecule has 0 fully saturated rings. The summed E-state index contributed by atoms with van der Waals surface area (Å²) in [6, 6.07) is 25.8. The quantitative estimate of drug-likeness (QED) is 0.0447. The van der Waals surface area contributed by atoms with Crippen LogP contribution in [-0.4, -0.2) is 104 Å². The number of hydrogen-bond acceptors (Lipinski definition) is 16. The van der Waals surface area contributed by atoms with Crippen LogP contribution in [0.1, 0.15) is 88.8 Å². The molecule has 0 amide bonds. The van der Waals surface area contributed by atoms with Crippen LogP contribution in [0.3, 0.4) is 0 Å². The number of carbonyl (C=O) groups excluding carboxylic acids is 2. The Kier molecular flexibility index (Phi) is 24.6. The van der Waals surface area contributed by atoms with Crippen molar-refractivity contribution in [2.24, 2.45) is 20.4 Å². The van der Waals surface area contributed by atoms with Crippen LogP contribution in [-0.2, 0) is 37.2 Å². The van der Waals surface area contributed by atoms with Crippen molar-refractivity contribution in [2.45, 2.75) is 80.1 Å². The van der Waals surface area contributed by atoms with E-state index < -0.39 is 9.85 Å². The van der Waals surface area contributed by atoms with Gasteiger partial charge in [-0.2, -0.15) is 9.15 Å². The van der Waals surface area contributed by atoms with Crippen molar-refractivity contribution >= 4 is 125 Å². The Labute approximate surface area is 556 Å². The minimum absolute atomic E-state index is 0. The molecule has 0 atom stereocenters. The minimum Gasteiger partial charge on any atom is -0.506 e. The third kappa shape index (κ3) is 17.4. The predicted octanol–water partition coefficient (Wildman–Crippen LogP) is 13.3. The van der Waals surface area contributed by atoms with Crippen LogP contribution in [0.4, 0.5) is 32.8 Å². The number of nitro groups is 2. The van der Waals surface area contributed by atoms with E-state index in [4.69, 9.17) is 23.2 Å². The molecule has 0 saturated carbocycles. The van der Waals surface area contributed by atoms with Crippen LogP contribution in [0, 0.1) is 34.1 Å². The zero-order valence-corrected chi connectivity index (χ0v) is 56.5. The first-order valence-corrected chi connectivity index (χ1v) is 31.0. The molecule has 4 aromatic carbocycles. The van der Waals surface area contributed by atoms with Crippen molar-refractivity contribution in [1.82, 2.24) is 9.97 Å². The van der Waals surface area contributed by atoms with Gasteiger partial charge in [0.05, 0.1) is 20.7 Å². The number of aliphatic hydroxyl groups excluding tert-OH is 2. The van der Waals surface area contributed by atoms with Gasteiger partial charge in [-0.25, -0.2) is 0 Å². The maximum absolute atomic E-state index is 10.9. The first-order chi connectivity index (χ1) is 42.7. The van der Waals surface area contributed by atoms with E-state index in [0.717, 1.165) is 83.4 Å². The number of allylic oxidation sites excluding steroid dienone is 8. The van der Waals surface area contributed by atoms with E-state index in [2.05, 4.69) is 218 Å². The maximum Gasteiger partial charge on any atom is 0.319 e. The molecule has 2 aromatic heterocycles. The molecule has 2 N–H and O–H groups in total. The molecule has 10 rings (SSSR count). The molecular formula is C66H70Cl2CoN12O8S2. The molecule has 2 aliphatic carbocycles. The normalized spacial score (nSPS) is 16.4. The van der Waals surface area contributed by atoms with E-state index in [-0.39, 0.29) is 81.7 Å². The largest absolute Gasteiger partial charge is 0.506 e. The number of hydrogen-bond donors (Lipinski definition) is 2. The Morgan fingerprint density at radius 1 is 0.571 bits per heavy atom. The van der Waals surface area contributed by atoms with Crippen molar-refractivity contribution in [2.75, 3.05) is 50.1 Å².